The summed E-state index contributed by atoms with van der Waals surface area (Å²) in [6.45, 7) is 2.62. The van der Waals surface area contributed by atoms with E-state index in [0.717, 1.165) is 6.08 Å². The summed E-state index contributed by atoms with van der Waals surface area (Å²) in [6, 6.07) is -1.04. The maximum Gasteiger partial charge on any atom is 0.240 e. The van der Waals surface area contributed by atoms with E-state index in [4.69, 9.17) is 20.7 Å². The second-order valence-corrected chi connectivity index (χ2v) is 3.41. The SMILES string of the molecule is C=CC(N)=O.N[C@H]1C(O)O[C@H](CO)[C@H](O)[C@@H]1O. The van der Waals surface area contributed by atoms with E-state index in [0.29, 0.717) is 0 Å². The molecule has 0 radical (unpaired) electrons. The summed E-state index contributed by atoms with van der Waals surface area (Å²) in [5, 5.41) is 36.1. The van der Waals surface area contributed by atoms with Crippen molar-refractivity contribution in [2.24, 2.45) is 11.5 Å². The fourth-order valence-electron chi connectivity index (χ4n) is 1.12. The molecule has 8 heteroatoms. The summed E-state index contributed by atoms with van der Waals surface area (Å²) in [7, 11) is 0. The number of carbonyl (C=O) groups is 1. The van der Waals surface area contributed by atoms with E-state index in [-0.39, 0.29) is 0 Å². The molecule has 1 fully saturated rings. The molecule has 8 N–H and O–H groups in total. The standard InChI is InChI=1S/C6H13NO5.C3H5NO/c7-3-5(10)4(9)2(1-8)12-6(3)11;1-2-3(4)5/h2-6,8-11H,1,7H2;2H,1H2,(H2,4,5)/t2-,3-,4+,5-,6?;/m1./s1. The Kier molecular flexibility index (Phi) is 6.88. The van der Waals surface area contributed by atoms with Gasteiger partial charge in [0, 0.05) is 0 Å². The van der Waals surface area contributed by atoms with Crippen LogP contribution < -0.4 is 11.5 Å². The molecular formula is C9H18N2O6. The van der Waals surface area contributed by atoms with E-state index < -0.39 is 43.2 Å². The van der Waals surface area contributed by atoms with Gasteiger partial charge in [-0.15, -0.1) is 0 Å². The van der Waals surface area contributed by atoms with Gasteiger partial charge >= 0.3 is 0 Å². The van der Waals surface area contributed by atoms with Crippen molar-refractivity contribution in [3.63, 3.8) is 0 Å². The smallest absolute Gasteiger partial charge is 0.240 e. The summed E-state index contributed by atoms with van der Waals surface area (Å²) in [5.74, 6) is -0.481. The molecule has 1 aliphatic rings. The quantitative estimate of drug-likeness (QED) is 0.276. The van der Waals surface area contributed by atoms with Crippen LogP contribution in [0.15, 0.2) is 12.7 Å². The van der Waals surface area contributed by atoms with Crippen LogP contribution >= 0.6 is 0 Å². The maximum absolute atomic E-state index is 9.47. The van der Waals surface area contributed by atoms with Crippen molar-refractivity contribution in [1.82, 2.24) is 0 Å². The molecule has 0 aliphatic carbocycles. The fourth-order valence-corrected chi connectivity index (χ4v) is 1.12. The third-order valence-electron chi connectivity index (χ3n) is 2.15. The number of aliphatic hydroxyl groups excluding tert-OH is 4. The largest absolute Gasteiger partial charge is 0.394 e. The first kappa shape index (κ1) is 16.0. The van der Waals surface area contributed by atoms with Gasteiger partial charge in [0.25, 0.3) is 0 Å². The first-order chi connectivity index (χ1) is 7.84. The van der Waals surface area contributed by atoms with Crippen LogP contribution in [0, 0.1) is 0 Å². The number of carbonyl (C=O) groups excluding carboxylic acids is 1. The van der Waals surface area contributed by atoms with Crippen LogP contribution in [0.3, 0.4) is 0 Å². The molecule has 8 nitrogen and oxygen atoms in total. The minimum absolute atomic E-state index is 0.470. The van der Waals surface area contributed by atoms with Crippen LogP contribution in [0.25, 0.3) is 0 Å². The minimum Gasteiger partial charge on any atom is -0.394 e. The van der Waals surface area contributed by atoms with Gasteiger partial charge in [-0.05, 0) is 6.08 Å². The molecule has 5 atom stereocenters. The lowest BCUT2D eigenvalue weighted by Crippen LogP contribution is -2.61. The van der Waals surface area contributed by atoms with E-state index in [2.05, 4.69) is 12.3 Å². The first-order valence-electron chi connectivity index (χ1n) is 4.83. The highest BCUT2D eigenvalue weighted by atomic mass is 16.6. The lowest BCUT2D eigenvalue weighted by Gasteiger charge is -2.38. The predicted octanol–water partition coefficient (Wildman–Crippen LogP) is -3.60. The van der Waals surface area contributed by atoms with Gasteiger partial charge in [0.05, 0.1) is 12.6 Å². The third kappa shape index (κ3) is 4.77. The lowest BCUT2D eigenvalue weighted by atomic mass is 9.98. The molecule has 17 heavy (non-hydrogen) atoms. The highest BCUT2D eigenvalue weighted by Gasteiger charge is 2.41. The van der Waals surface area contributed by atoms with Crippen molar-refractivity contribution < 1.29 is 30.0 Å². The zero-order valence-electron chi connectivity index (χ0n) is 9.14. The van der Waals surface area contributed by atoms with E-state index in [9.17, 15) is 15.0 Å². The number of rotatable bonds is 2. The van der Waals surface area contributed by atoms with Crippen LogP contribution in [-0.4, -0.2) is 63.6 Å². The molecule has 0 aromatic rings. The molecule has 0 spiro atoms. The highest BCUT2D eigenvalue weighted by molar-refractivity contribution is 5.84. The normalized spacial score (nSPS) is 36.6. The van der Waals surface area contributed by atoms with Crippen LogP contribution in [0.5, 0.6) is 0 Å². The zero-order chi connectivity index (χ0) is 13.6. The Morgan fingerprint density at radius 3 is 2.18 bits per heavy atom. The van der Waals surface area contributed by atoms with E-state index in [1.165, 1.54) is 0 Å². The van der Waals surface area contributed by atoms with Crippen LogP contribution in [0.4, 0.5) is 0 Å². The molecule has 0 aromatic heterocycles. The van der Waals surface area contributed by atoms with Crippen molar-refractivity contribution in [2.75, 3.05) is 6.61 Å². The second kappa shape index (κ2) is 7.33. The summed E-state index contributed by atoms with van der Waals surface area (Å²) < 4.78 is 4.70. The van der Waals surface area contributed by atoms with Crippen LogP contribution in [0.1, 0.15) is 0 Å². The lowest BCUT2D eigenvalue weighted by molar-refractivity contribution is -0.248. The van der Waals surface area contributed by atoms with Crippen molar-refractivity contribution >= 4 is 5.91 Å². The number of amides is 1. The molecule has 1 unspecified atom stereocenters. The molecular weight excluding hydrogens is 232 g/mol. The molecule has 0 saturated carbocycles. The molecule has 1 heterocycles. The molecule has 0 aromatic carbocycles. The minimum atomic E-state index is -1.35. The summed E-state index contributed by atoms with van der Waals surface area (Å²) >= 11 is 0. The van der Waals surface area contributed by atoms with Crippen molar-refractivity contribution in [2.45, 2.75) is 30.6 Å². The van der Waals surface area contributed by atoms with Gasteiger partial charge in [-0.1, -0.05) is 6.58 Å². The van der Waals surface area contributed by atoms with E-state index in [1.807, 2.05) is 0 Å². The molecule has 0 bridgehead atoms. The van der Waals surface area contributed by atoms with Gasteiger partial charge in [0.15, 0.2) is 6.29 Å². The van der Waals surface area contributed by atoms with Gasteiger partial charge < -0.3 is 36.6 Å². The number of hydrogen-bond acceptors (Lipinski definition) is 7. The second-order valence-electron chi connectivity index (χ2n) is 3.41. The maximum atomic E-state index is 9.47. The summed E-state index contributed by atoms with van der Waals surface area (Å²) in [6.07, 6.45) is -3.80. The molecule has 1 saturated heterocycles. The Bertz CT molecular complexity index is 257. The number of nitrogens with two attached hydrogens (primary N) is 2. The van der Waals surface area contributed by atoms with Gasteiger partial charge in [-0.2, -0.15) is 0 Å². The van der Waals surface area contributed by atoms with Gasteiger partial charge in [-0.25, -0.2) is 0 Å². The Balaban J connectivity index is 0.000000437. The predicted molar refractivity (Wildman–Crippen MR) is 57.3 cm³/mol. The number of primary amides is 1. The summed E-state index contributed by atoms with van der Waals surface area (Å²) in [5.41, 5.74) is 9.80. The molecule has 1 amide bonds. The number of ether oxygens (including phenoxy) is 1. The van der Waals surface area contributed by atoms with E-state index >= 15 is 0 Å². The van der Waals surface area contributed by atoms with E-state index in [1.54, 1.807) is 0 Å². The molecule has 100 valence electrons. The first-order valence-corrected chi connectivity index (χ1v) is 4.83. The number of aliphatic hydroxyl groups is 4. The van der Waals surface area contributed by atoms with Crippen LogP contribution in [-0.2, 0) is 9.53 Å². The average molecular weight is 250 g/mol. The highest BCUT2D eigenvalue weighted by Crippen LogP contribution is 2.17. The zero-order valence-corrected chi connectivity index (χ0v) is 9.14. The summed E-state index contributed by atoms with van der Waals surface area (Å²) in [4.78, 5) is 9.47. The van der Waals surface area contributed by atoms with Crippen molar-refractivity contribution in [3.8, 4) is 0 Å². The van der Waals surface area contributed by atoms with Crippen molar-refractivity contribution in [1.29, 1.82) is 0 Å². The molecule has 1 aliphatic heterocycles. The van der Waals surface area contributed by atoms with Crippen molar-refractivity contribution in [3.05, 3.63) is 12.7 Å². The Hall–Kier alpha value is -1.03. The molecule has 1 rings (SSSR count). The van der Waals surface area contributed by atoms with Gasteiger partial charge in [0.1, 0.15) is 18.3 Å². The van der Waals surface area contributed by atoms with Gasteiger partial charge in [-0.3, -0.25) is 4.79 Å². The Morgan fingerprint density at radius 1 is 1.35 bits per heavy atom. The Labute approximate surface area is 98.1 Å². The fraction of sp³-hybridized carbons (Fsp3) is 0.667. The number of hydrogen-bond donors (Lipinski definition) is 6. The van der Waals surface area contributed by atoms with Gasteiger partial charge in [0.2, 0.25) is 5.91 Å². The monoisotopic (exact) mass is 250 g/mol. The third-order valence-corrected chi connectivity index (χ3v) is 2.15. The average Bonchev–Trinajstić information content (AvgIpc) is 2.31. The topological polar surface area (TPSA) is 159 Å². The van der Waals surface area contributed by atoms with Crippen LogP contribution in [0.2, 0.25) is 0 Å². The Morgan fingerprint density at radius 2 is 1.82 bits per heavy atom.